The van der Waals surface area contributed by atoms with Crippen LogP contribution in [-0.2, 0) is 16.4 Å². The summed E-state index contributed by atoms with van der Waals surface area (Å²) in [6.45, 7) is 2.72. The van der Waals surface area contributed by atoms with E-state index in [1.165, 1.54) is 0 Å². The third-order valence-corrected chi connectivity index (χ3v) is 7.33. The Morgan fingerprint density at radius 3 is 2.61 bits per heavy atom. The van der Waals surface area contributed by atoms with Gasteiger partial charge in [-0.05, 0) is 55.3 Å². The van der Waals surface area contributed by atoms with Gasteiger partial charge in [0.2, 0.25) is 0 Å². The minimum absolute atomic E-state index is 0.0632. The molecule has 0 bridgehead atoms. The maximum Gasteiger partial charge on any atom is 0.276 e. The van der Waals surface area contributed by atoms with Gasteiger partial charge in [-0.3, -0.25) is 4.79 Å². The van der Waals surface area contributed by atoms with Gasteiger partial charge in [0, 0.05) is 24.2 Å². The molecule has 2 heterocycles. The second-order valence-corrected chi connectivity index (χ2v) is 10.1. The minimum atomic E-state index is -3.18. The van der Waals surface area contributed by atoms with Gasteiger partial charge in [-0.15, -0.1) is 0 Å². The number of hydrogen-bond donors (Lipinski definition) is 0. The van der Waals surface area contributed by atoms with Gasteiger partial charge in [0.25, 0.3) is 5.91 Å². The van der Waals surface area contributed by atoms with E-state index in [1.54, 1.807) is 18.1 Å². The van der Waals surface area contributed by atoms with Gasteiger partial charge in [-0.1, -0.05) is 17.3 Å². The first kappa shape index (κ1) is 22.8. The molecule has 1 aliphatic heterocycles. The molecule has 3 aromatic rings. The lowest BCUT2D eigenvalue weighted by molar-refractivity contribution is 0.0670. The first-order chi connectivity index (χ1) is 15.9. The zero-order valence-electron chi connectivity index (χ0n) is 18.6. The van der Waals surface area contributed by atoms with Gasteiger partial charge in [-0.25, -0.2) is 8.42 Å². The van der Waals surface area contributed by atoms with Crippen molar-refractivity contribution in [2.24, 2.45) is 0 Å². The molecule has 1 aliphatic rings. The van der Waals surface area contributed by atoms with Crippen LogP contribution in [0.3, 0.4) is 0 Å². The Balaban J connectivity index is 1.59. The third kappa shape index (κ3) is 5.36. The van der Waals surface area contributed by atoms with Crippen molar-refractivity contribution in [2.75, 3.05) is 25.2 Å². The molecular weight excluding hydrogens is 444 g/mol. The van der Waals surface area contributed by atoms with Crippen LogP contribution >= 0.6 is 0 Å². The fourth-order valence-corrected chi connectivity index (χ4v) is 5.63. The number of carbonyl (C=O) groups excluding carboxylic acids is 1. The van der Waals surface area contributed by atoms with E-state index in [0.29, 0.717) is 24.5 Å². The molecule has 0 aliphatic carbocycles. The predicted octanol–water partition coefficient (Wildman–Crippen LogP) is 3.58. The van der Waals surface area contributed by atoms with Crippen LogP contribution in [-0.4, -0.2) is 55.6 Å². The van der Waals surface area contributed by atoms with E-state index in [-0.39, 0.29) is 29.7 Å². The van der Waals surface area contributed by atoms with Crippen molar-refractivity contribution < 1.29 is 27.2 Å². The van der Waals surface area contributed by atoms with Gasteiger partial charge >= 0.3 is 0 Å². The molecule has 174 valence electrons. The Kier molecular flexibility index (Phi) is 6.69. The summed E-state index contributed by atoms with van der Waals surface area (Å²) in [5, 5.41) is 3.98. The number of nitrogens with zero attached hydrogens (tertiary/aromatic N) is 2. The number of benzene rings is 2. The van der Waals surface area contributed by atoms with Crippen LogP contribution in [0, 0.1) is 0 Å². The van der Waals surface area contributed by atoms with Crippen LogP contribution in [0.2, 0.25) is 0 Å². The highest BCUT2D eigenvalue weighted by atomic mass is 32.2. The van der Waals surface area contributed by atoms with Crippen molar-refractivity contribution in [2.45, 2.75) is 25.9 Å². The van der Waals surface area contributed by atoms with Crippen molar-refractivity contribution >= 4 is 15.7 Å². The molecule has 1 fully saturated rings. The molecular formula is C24H26N2O6S. The average molecular weight is 471 g/mol. The first-order valence-electron chi connectivity index (χ1n) is 10.7. The number of carbonyl (C=O) groups is 1. The summed E-state index contributed by atoms with van der Waals surface area (Å²) in [5.74, 6) is 1.48. The Morgan fingerprint density at radius 1 is 1.15 bits per heavy atom. The molecule has 0 radical (unpaired) electrons. The van der Waals surface area contributed by atoms with Crippen molar-refractivity contribution in [3.8, 4) is 22.8 Å². The lowest BCUT2D eigenvalue weighted by Gasteiger charge is -2.27. The molecule has 8 nitrogen and oxygen atoms in total. The molecule has 1 saturated heterocycles. The van der Waals surface area contributed by atoms with Crippen LogP contribution in [0.15, 0.2) is 59.1 Å². The molecule has 1 aromatic heterocycles. The maximum atomic E-state index is 13.4. The van der Waals surface area contributed by atoms with E-state index in [1.807, 2.05) is 55.5 Å². The van der Waals surface area contributed by atoms with E-state index in [4.69, 9.17) is 14.0 Å². The molecule has 2 aromatic carbocycles. The summed E-state index contributed by atoms with van der Waals surface area (Å²) in [6.07, 6.45) is 0.391. The fourth-order valence-electron chi connectivity index (χ4n) is 3.90. The highest BCUT2D eigenvalue weighted by Crippen LogP contribution is 2.27. The predicted molar refractivity (Wildman–Crippen MR) is 123 cm³/mol. The van der Waals surface area contributed by atoms with Gasteiger partial charge in [-0.2, -0.15) is 0 Å². The number of rotatable bonds is 8. The number of amides is 1. The standard InChI is InChI=1S/C24H26N2O6S/c1-3-31-20-9-7-18(8-10-20)23-14-22(25-32-23)24(27)26(19-11-12-33(28,29)16-19)15-17-5-4-6-21(13-17)30-2/h4-10,13-14,19H,3,11-12,15-16H2,1-2H3/t19-/m0/s1. The van der Waals surface area contributed by atoms with E-state index in [9.17, 15) is 13.2 Å². The lowest BCUT2D eigenvalue weighted by atomic mass is 10.1. The lowest BCUT2D eigenvalue weighted by Crippen LogP contribution is -2.40. The van der Waals surface area contributed by atoms with Crippen molar-refractivity contribution in [1.82, 2.24) is 10.1 Å². The number of methoxy groups -OCH3 is 1. The molecule has 4 rings (SSSR count). The topological polar surface area (TPSA) is 98.9 Å². The number of sulfone groups is 1. The van der Waals surface area contributed by atoms with Crippen molar-refractivity contribution in [3.63, 3.8) is 0 Å². The van der Waals surface area contributed by atoms with E-state index in [2.05, 4.69) is 5.16 Å². The molecule has 0 saturated carbocycles. The Labute approximate surface area is 193 Å². The largest absolute Gasteiger partial charge is 0.497 e. The van der Waals surface area contributed by atoms with E-state index < -0.39 is 15.9 Å². The van der Waals surface area contributed by atoms with Crippen LogP contribution in [0.4, 0.5) is 0 Å². The van der Waals surface area contributed by atoms with Crippen LogP contribution < -0.4 is 9.47 Å². The molecule has 0 N–H and O–H groups in total. The Hall–Kier alpha value is -3.33. The monoisotopic (exact) mass is 470 g/mol. The zero-order chi connectivity index (χ0) is 23.4. The summed E-state index contributed by atoms with van der Waals surface area (Å²) < 4.78 is 40.4. The Morgan fingerprint density at radius 2 is 1.94 bits per heavy atom. The molecule has 9 heteroatoms. The molecule has 33 heavy (non-hydrogen) atoms. The van der Waals surface area contributed by atoms with Crippen molar-refractivity contribution in [1.29, 1.82) is 0 Å². The number of aromatic nitrogens is 1. The summed E-state index contributed by atoms with van der Waals surface area (Å²) in [4.78, 5) is 15.0. The summed E-state index contributed by atoms with van der Waals surface area (Å²) in [5.41, 5.74) is 1.72. The SMILES string of the molecule is CCOc1ccc(-c2cc(C(=O)N(Cc3cccc(OC)c3)[C@H]3CCS(=O)(=O)C3)no2)cc1. The summed E-state index contributed by atoms with van der Waals surface area (Å²) in [7, 11) is -1.61. The highest BCUT2D eigenvalue weighted by molar-refractivity contribution is 7.91. The van der Waals surface area contributed by atoms with Gasteiger partial charge < -0.3 is 18.9 Å². The smallest absolute Gasteiger partial charge is 0.276 e. The average Bonchev–Trinajstić information content (AvgIpc) is 3.44. The molecule has 1 amide bonds. The fraction of sp³-hybridized carbons (Fsp3) is 0.333. The summed E-state index contributed by atoms with van der Waals surface area (Å²) in [6, 6.07) is 15.8. The zero-order valence-corrected chi connectivity index (χ0v) is 19.4. The third-order valence-electron chi connectivity index (χ3n) is 5.58. The normalized spacial score (nSPS) is 17.0. The van der Waals surface area contributed by atoms with Gasteiger partial charge in [0.1, 0.15) is 11.5 Å². The molecule has 0 spiro atoms. The van der Waals surface area contributed by atoms with E-state index in [0.717, 1.165) is 16.9 Å². The second kappa shape index (κ2) is 9.66. The first-order valence-corrected chi connectivity index (χ1v) is 12.5. The van der Waals surface area contributed by atoms with Crippen molar-refractivity contribution in [3.05, 3.63) is 65.9 Å². The molecule has 1 atom stereocenters. The van der Waals surface area contributed by atoms with Crippen LogP contribution in [0.1, 0.15) is 29.4 Å². The minimum Gasteiger partial charge on any atom is -0.497 e. The van der Waals surface area contributed by atoms with E-state index >= 15 is 0 Å². The number of ether oxygens (including phenoxy) is 2. The number of hydrogen-bond acceptors (Lipinski definition) is 7. The van der Waals surface area contributed by atoms with Crippen LogP contribution in [0.25, 0.3) is 11.3 Å². The quantitative estimate of drug-likeness (QED) is 0.496. The Bertz CT molecular complexity index is 1220. The maximum absolute atomic E-state index is 13.4. The summed E-state index contributed by atoms with van der Waals surface area (Å²) >= 11 is 0. The second-order valence-electron chi connectivity index (χ2n) is 7.88. The highest BCUT2D eigenvalue weighted by Gasteiger charge is 2.36. The van der Waals surface area contributed by atoms with Gasteiger partial charge in [0.05, 0.1) is 25.2 Å². The van der Waals surface area contributed by atoms with Gasteiger partial charge in [0.15, 0.2) is 21.3 Å². The molecule has 0 unspecified atom stereocenters. The van der Waals surface area contributed by atoms with Crippen LogP contribution in [0.5, 0.6) is 11.5 Å².